The van der Waals surface area contributed by atoms with Gasteiger partial charge < -0.3 is 10.0 Å². The van der Waals surface area contributed by atoms with Gasteiger partial charge in [0.15, 0.2) is 0 Å². The summed E-state index contributed by atoms with van der Waals surface area (Å²) in [7, 11) is 0. The van der Waals surface area contributed by atoms with E-state index >= 15 is 0 Å². The first-order chi connectivity index (χ1) is 7.22. The lowest BCUT2D eigenvalue weighted by molar-refractivity contribution is -0.119. The van der Waals surface area contributed by atoms with Crippen LogP contribution in [0.15, 0.2) is 18.2 Å². The second-order valence-electron chi connectivity index (χ2n) is 3.90. The molecule has 0 bridgehead atoms. The minimum Gasteiger partial charge on any atom is -0.395 e. The van der Waals surface area contributed by atoms with Crippen molar-refractivity contribution >= 4 is 11.6 Å². The molecule has 0 radical (unpaired) electrons. The molecule has 0 spiro atoms. The molecule has 0 unspecified atom stereocenters. The van der Waals surface area contributed by atoms with E-state index in [0.717, 1.165) is 12.1 Å². The Morgan fingerprint density at radius 2 is 2.20 bits per heavy atom. The third-order valence-corrected chi connectivity index (χ3v) is 2.76. The summed E-state index contributed by atoms with van der Waals surface area (Å²) in [6.07, 6.45) is 1.37. The standard InChI is InChI=1S/C12H15NO2/c1-9-2-4-11-10(8-9)3-5-12(15)13(11)6-7-14/h2,4,8,14H,3,5-7H2,1H3. The highest BCUT2D eigenvalue weighted by atomic mass is 16.3. The highest BCUT2D eigenvalue weighted by molar-refractivity contribution is 5.96. The normalized spacial score (nSPS) is 15.3. The van der Waals surface area contributed by atoms with Gasteiger partial charge >= 0.3 is 0 Å². The molecule has 1 aliphatic heterocycles. The Labute approximate surface area is 89.3 Å². The molecule has 1 aliphatic rings. The lowest BCUT2D eigenvalue weighted by atomic mass is 9.99. The fourth-order valence-electron chi connectivity index (χ4n) is 2.03. The number of nitrogens with zero attached hydrogens (tertiary/aromatic N) is 1. The lowest BCUT2D eigenvalue weighted by Gasteiger charge is -2.29. The number of hydrogen-bond acceptors (Lipinski definition) is 2. The Kier molecular flexibility index (Phi) is 2.73. The number of carbonyl (C=O) groups excluding carboxylic acids is 1. The lowest BCUT2D eigenvalue weighted by Crippen LogP contribution is -2.37. The van der Waals surface area contributed by atoms with Gasteiger partial charge in [-0.05, 0) is 25.0 Å². The molecule has 3 nitrogen and oxygen atoms in total. The smallest absolute Gasteiger partial charge is 0.227 e. The Hall–Kier alpha value is -1.35. The Morgan fingerprint density at radius 3 is 2.93 bits per heavy atom. The molecular formula is C12H15NO2. The number of aryl methyl sites for hydroxylation is 2. The maximum Gasteiger partial charge on any atom is 0.227 e. The molecule has 0 aliphatic carbocycles. The molecule has 1 amide bonds. The number of aliphatic hydroxyl groups excluding tert-OH is 1. The molecule has 1 heterocycles. The third-order valence-electron chi connectivity index (χ3n) is 2.76. The summed E-state index contributed by atoms with van der Waals surface area (Å²) in [5.74, 6) is 0.111. The number of hydrogen-bond donors (Lipinski definition) is 1. The van der Waals surface area contributed by atoms with Gasteiger partial charge in [0, 0.05) is 18.7 Å². The van der Waals surface area contributed by atoms with Gasteiger partial charge in [-0.25, -0.2) is 0 Å². The first kappa shape index (κ1) is 10.2. The molecule has 3 heteroatoms. The van der Waals surface area contributed by atoms with Crippen LogP contribution in [0.2, 0.25) is 0 Å². The Bertz CT molecular complexity index is 387. The molecule has 1 aromatic rings. The number of anilines is 1. The average molecular weight is 205 g/mol. The van der Waals surface area contributed by atoms with Crippen LogP contribution >= 0.6 is 0 Å². The van der Waals surface area contributed by atoms with Gasteiger partial charge in [-0.1, -0.05) is 17.7 Å². The Balaban J connectivity index is 2.39. The van der Waals surface area contributed by atoms with Crippen molar-refractivity contribution in [3.63, 3.8) is 0 Å². The molecule has 0 atom stereocenters. The molecule has 0 fully saturated rings. The topological polar surface area (TPSA) is 40.5 Å². The van der Waals surface area contributed by atoms with Crippen molar-refractivity contribution in [2.75, 3.05) is 18.1 Å². The fourth-order valence-corrected chi connectivity index (χ4v) is 2.03. The molecule has 0 saturated carbocycles. The first-order valence-corrected chi connectivity index (χ1v) is 5.23. The van der Waals surface area contributed by atoms with Crippen molar-refractivity contribution in [1.82, 2.24) is 0 Å². The number of amides is 1. The quantitative estimate of drug-likeness (QED) is 0.789. The van der Waals surface area contributed by atoms with Gasteiger partial charge in [0.2, 0.25) is 5.91 Å². The van der Waals surface area contributed by atoms with Gasteiger partial charge in [-0.3, -0.25) is 4.79 Å². The van der Waals surface area contributed by atoms with Crippen molar-refractivity contribution in [1.29, 1.82) is 0 Å². The SMILES string of the molecule is Cc1ccc2c(c1)CCC(=O)N2CCO. The number of benzene rings is 1. The monoisotopic (exact) mass is 205 g/mol. The molecule has 80 valence electrons. The Morgan fingerprint density at radius 1 is 1.40 bits per heavy atom. The second-order valence-corrected chi connectivity index (χ2v) is 3.90. The van der Waals surface area contributed by atoms with E-state index in [4.69, 9.17) is 5.11 Å². The second kappa shape index (κ2) is 4.03. The van der Waals surface area contributed by atoms with E-state index in [-0.39, 0.29) is 12.5 Å². The minimum absolute atomic E-state index is 0.0130. The van der Waals surface area contributed by atoms with Crippen LogP contribution in [0.3, 0.4) is 0 Å². The molecule has 1 N–H and O–H groups in total. The average Bonchev–Trinajstić information content (AvgIpc) is 2.22. The summed E-state index contributed by atoms with van der Waals surface area (Å²) in [6, 6.07) is 6.09. The van der Waals surface area contributed by atoms with E-state index in [1.54, 1.807) is 4.90 Å². The van der Waals surface area contributed by atoms with Gasteiger partial charge in [0.25, 0.3) is 0 Å². The van der Waals surface area contributed by atoms with Crippen molar-refractivity contribution in [3.8, 4) is 0 Å². The highest BCUT2D eigenvalue weighted by Gasteiger charge is 2.23. The number of aliphatic hydroxyl groups is 1. The van der Waals surface area contributed by atoms with E-state index in [2.05, 4.69) is 6.07 Å². The highest BCUT2D eigenvalue weighted by Crippen LogP contribution is 2.28. The van der Waals surface area contributed by atoms with Crippen LogP contribution in [0.5, 0.6) is 0 Å². The number of fused-ring (bicyclic) bond motifs is 1. The van der Waals surface area contributed by atoms with Crippen LogP contribution in [0, 0.1) is 6.92 Å². The zero-order valence-corrected chi connectivity index (χ0v) is 8.86. The van der Waals surface area contributed by atoms with E-state index in [0.29, 0.717) is 13.0 Å². The van der Waals surface area contributed by atoms with Crippen molar-refractivity contribution in [3.05, 3.63) is 29.3 Å². The van der Waals surface area contributed by atoms with Crippen LogP contribution in [-0.4, -0.2) is 24.2 Å². The summed E-state index contributed by atoms with van der Waals surface area (Å²) < 4.78 is 0. The van der Waals surface area contributed by atoms with E-state index < -0.39 is 0 Å². The predicted molar refractivity (Wildman–Crippen MR) is 58.9 cm³/mol. The third kappa shape index (κ3) is 1.88. The van der Waals surface area contributed by atoms with E-state index in [1.807, 2.05) is 19.1 Å². The zero-order chi connectivity index (χ0) is 10.8. The maximum atomic E-state index is 11.6. The van der Waals surface area contributed by atoms with E-state index in [9.17, 15) is 4.79 Å². The largest absolute Gasteiger partial charge is 0.395 e. The van der Waals surface area contributed by atoms with Gasteiger partial charge in [-0.15, -0.1) is 0 Å². The van der Waals surface area contributed by atoms with Crippen LogP contribution < -0.4 is 4.90 Å². The van der Waals surface area contributed by atoms with Gasteiger partial charge in [0.05, 0.1) is 6.61 Å². The molecule has 0 aromatic heterocycles. The maximum absolute atomic E-state index is 11.6. The molecule has 0 saturated heterocycles. The number of carbonyl (C=O) groups is 1. The van der Waals surface area contributed by atoms with Crippen LogP contribution in [0.4, 0.5) is 5.69 Å². The molecule has 1 aromatic carbocycles. The van der Waals surface area contributed by atoms with Gasteiger partial charge in [-0.2, -0.15) is 0 Å². The fraction of sp³-hybridized carbons (Fsp3) is 0.417. The van der Waals surface area contributed by atoms with E-state index in [1.165, 1.54) is 11.1 Å². The van der Waals surface area contributed by atoms with Crippen LogP contribution in [0.1, 0.15) is 17.5 Å². The number of β-amino-alcohol motifs (C(OH)–C–C–N with tert-alkyl or cyclic N) is 1. The first-order valence-electron chi connectivity index (χ1n) is 5.23. The van der Waals surface area contributed by atoms with Crippen molar-refractivity contribution in [2.24, 2.45) is 0 Å². The molecule has 2 rings (SSSR count). The number of rotatable bonds is 2. The summed E-state index contributed by atoms with van der Waals surface area (Å²) in [5, 5.41) is 8.92. The summed E-state index contributed by atoms with van der Waals surface area (Å²) in [5.41, 5.74) is 3.39. The van der Waals surface area contributed by atoms with Crippen molar-refractivity contribution < 1.29 is 9.90 Å². The van der Waals surface area contributed by atoms with Gasteiger partial charge in [0.1, 0.15) is 0 Å². The van der Waals surface area contributed by atoms with Crippen molar-refractivity contribution in [2.45, 2.75) is 19.8 Å². The zero-order valence-electron chi connectivity index (χ0n) is 8.86. The van der Waals surface area contributed by atoms with Crippen LogP contribution in [-0.2, 0) is 11.2 Å². The van der Waals surface area contributed by atoms with Crippen LogP contribution in [0.25, 0.3) is 0 Å². The summed E-state index contributed by atoms with van der Waals surface area (Å²) in [6.45, 7) is 2.46. The molecule has 15 heavy (non-hydrogen) atoms. The summed E-state index contributed by atoms with van der Waals surface area (Å²) >= 11 is 0. The minimum atomic E-state index is 0.0130. The molecular weight excluding hydrogens is 190 g/mol. The predicted octanol–water partition coefficient (Wildman–Crippen LogP) is 1.27. The summed E-state index contributed by atoms with van der Waals surface area (Å²) in [4.78, 5) is 13.3.